The molecule has 3 aromatic carbocycles. The van der Waals surface area contributed by atoms with Crippen molar-refractivity contribution in [2.24, 2.45) is 5.92 Å². The van der Waals surface area contributed by atoms with Gasteiger partial charge in [0.1, 0.15) is 0 Å². The molecule has 0 atom stereocenters. The molecule has 8 nitrogen and oxygen atoms in total. The maximum absolute atomic E-state index is 12.8. The minimum atomic E-state index is -3.85. The second-order valence-electron chi connectivity index (χ2n) is 9.10. The Morgan fingerprint density at radius 1 is 0.895 bits per heavy atom. The number of anilines is 2. The number of piperidine rings is 1. The van der Waals surface area contributed by atoms with E-state index in [1.165, 1.54) is 34.6 Å². The van der Waals surface area contributed by atoms with E-state index in [1.54, 1.807) is 36.4 Å². The van der Waals surface area contributed by atoms with Crippen molar-refractivity contribution >= 4 is 60.5 Å². The summed E-state index contributed by atoms with van der Waals surface area (Å²) in [5.74, 6) is -0.792. The third-order valence-corrected chi connectivity index (χ3v) is 10.4. The summed E-state index contributed by atoms with van der Waals surface area (Å²) >= 11 is 12.2. The molecule has 12 heteroatoms. The van der Waals surface area contributed by atoms with Gasteiger partial charge in [0.2, 0.25) is 15.9 Å². The zero-order chi connectivity index (χ0) is 27.5. The van der Waals surface area contributed by atoms with E-state index in [0.717, 1.165) is 5.56 Å². The van der Waals surface area contributed by atoms with E-state index in [4.69, 9.17) is 23.2 Å². The second-order valence-corrected chi connectivity index (χ2v) is 13.6. The van der Waals surface area contributed by atoms with E-state index >= 15 is 0 Å². The molecule has 0 bridgehead atoms. The first-order chi connectivity index (χ1) is 17.9. The first-order valence-corrected chi connectivity index (χ1v) is 15.7. The van der Waals surface area contributed by atoms with E-state index in [2.05, 4.69) is 10.0 Å². The van der Waals surface area contributed by atoms with Gasteiger partial charge in [-0.25, -0.2) is 21.1 Å². The zero-order valence-corrected chi connectivity index (χ0v) is 23.7. The number of aryl methyl sites for hydroxylation is 1. The highest BCUT2D eigenvalue weighted by atomic mass is 35.5. The Kier molecular flexibility index (Phi) is 8.68. The van der Waals surface area contributed by atoms with Crippen molar-refractivity contribution in [1.82, 2.24) is 4.31 Å². The summed E-state index contributed by atoms with van der Waals surface area (Å²) in [5, 5.41) is 3.65. The number of hydrogen-bond donors (Lipinski definition) is 2. The van der Waals surface area contributed by atoms with Gasteiger partial charge in [0, 0.05) is 34.7 Å². The lowest BCUT2D eigenvalue weighted by Gasteiger charge is -2.30. The lowest BCUT2D eigenvalue weighted by molar-refractivity contribution is -0.120. The SMILES string of the molecule is Cc1ccc(NS(=O)(=O)c2ccc(NC(=O)C3CCN(S(=O)(=O)Cc4ccccc4Cl)CC3)cc2)cc1Cl. The molecule has 1 fully saturated rings. The van der Waals surface area contributed by atoms with Crippen molar-refractivity contribution in [3.05, 3.63) is 87.9 Å². The molecule has 0 spiro atoms. The molecule has 38 heavy (non-hydrogen) atoms. The predicted octanol–water partition coefficient (Wildman–Crippen LogP) is 5.28. The summed E-state index contributed by atoms with van der Waals surface area (Å²) in [6, 6.07) is 17.5. The Balaban J connectivity index is 1.32. The summed E-state index contributed by atoms with van der Waals surface area (Å²) in [5.41, 5.74) is 2.16. The summed E-state index contributed by atoms with van der Waals surface area (Å²) in [6.45, 7) is 2.29. The highest BCUT2D eigenvalue weighted by molar-refractivity contribution is 7.92. The molecule has 1 aliphatic heterocycles. The van der Waals surface area contributed by atoms with Gasteiger partial charge in [0.15, 0.2) is 0 Å². The van der Waals surface area contributed by atoms with Gasteiger partial charge in [-0.1, -0.05) is 47.5 Å². The number of sulfonamides is 2. The predicted molar refractivity (Wildman–Crippen MR) is 150 cm³/mol. The molecular weight excluding hydrogens is 569 g/mol. The van der Waals surface area contributed by atoms with Crippen LogP contribution in [0, 0.1) is 12.8 Å². The second kappa shape index (κ2) is 11.6. The minimum Gasteiger partial charge on any atom is -0.326 e. The lowest BCUT2D eigenvalue weighted by atomic mass is 9.97. The Bertz CT molecular complexity index is 1540. The molecule has 1 amide bonds. The van der Waals surface area contributed by atoms with E-state index in [1.807, 2.05) is 6.92 Å². The first kappa shape index (κ1) is 28.4. The standard InChI is InChI=1S/C26H27Cl2N3O5S2/c1-18-6-7-22(16-25(18)28)30-38(35,36)23-10-8-21(9-11-23)29-26(32)19-12-14-31(15-13-19)37(33,34)17-20-4-2-3-5-24(20)27/h2-11,16,19,30H,12-15,17H2,1H3,(H,29,32). The summed E-state index contributed by atoms with van der Waals surface area (Å²) in [6.07, 6.45) is 0.756. The molecule has 0 unspecified atom stereocenters. The number of nitrogens with one attached hydrogen (secondary N) is 2. The van der Waals surface area contributed by atoms with Crippen LogP contribution in [-0.2, 0) is 30.6 Å². The summed E-state index contributed by atoms with van der Waals surface area (Å²) < 4.78 is 55.0. The Labute approximate surface area is 233 Å². The molecule has 3 aromatic rings. The molecule has 0 aromatic heterocycles. The van der Waals surface area contributed by atoms with Gasteiger partial charge < -0.3 is 5.32 Å². The molecule has 202 valence electrons. The van der Waals surface area contributed by atoms with Crippen LogP contribution in [0.15, 0.2) is 71.6 Å². The Hall–Kier alpha value is -2.63. The maximum atomic E-state index is 12.8. The molecule has 0 saturated carbocycles. The van der Waals surface area contributed by atoms with Crippen molar-refractivity contribution in [2.45, 2.75) is 30.4 Å². The number of hydrogen-bond acceptors (Lipinski definition) is 5. The monoisotopic (exact) mass is 595 g/mol. The van der Waals surface area contributed by atoms with Gasteiger partial charge in [0.05, 0.1) is 16.3 Å². The van der Waals surface area contributed by atoms with E-state index in [9.17, 15) is 21.6 Å². The van der Waals surface area contributed by atoms with Crippen LogP contribution in [0.2, 0.25) is 10.0 Å². The van der Waals surface area contributed by atoms with Crippen molar-refractivity contribution in [1.29, 1.82) is 0 Å². The number of benzene rings is 3. The number of amides is 1. The summed E-state index contributed by atoms with van der Waals surface area (Å²) in [4.78, 5) is 12.8. The molecule has 1 aliphatic rings. The lowest BCUT2D eigenvalue weighted by Crippen LogP contribution is -2.41. The fourth-order valence-electron chi connectivity index (χ4n) is 4.13. The van der Waals surface area contributed by atoms with Crippen LogP contribution in [0.5, 0.6) is 0 Å². The minimum absolute atomic E-state index is 0.0317. The number of halogens is 2. The van der Waals surface area contributed by atoms with Crippen LogP contribution in [0.1, 0.15) is 24.0 Å². The fraction of sp³-hybridized carbons (Fsp3) is 0.269. The molecular formula is C26H27Cl2N3O5S2. The quantitative estimate of drug-likeness (QED) is 0.367. The van der Waals surface area contributed by atoms with Crippen molar-refractivity contribution in [2.75, 3.05) is 23.1 Å². The number of nitrogens with zero attached hydrogens (tertiary/aromatic N) is 1. The molecule has 0 radical (unpaired) electrons. The van der Waals surface area contributed by atoms with Gasteiger partial charge in [-0.05, 0) is 73.4 Å². The fourth-order valence-corrected chi connectivity index (χ4v) is 7.24. The third-order valence-electron chi connectivity index (χ3n) is 6.37. The largest absolute Gasteiger partial charge is 0.326 e. The number of carbonyl (C=O) groups is 1. The van der Waals surface area contributed by atoms with E-state index in [-0.39, 0.29) is 35.6 Å². The Morgan fingerprint density at radius 2 is 1.53 bits per heavy atom. The number of rotatable bonds is 8. The van der Waals surface area contributed by atoms with Crippen molar-refractivity contribution < 1.29 is 21.6 Å². The van der Waals surface area contributed by atoms with Gasteiger partial charge in [-0.3, -0.25) is 9.52 Å². The van der Waals surface area contributed by atoms with Crippen LogP contribution in [0.3, 0.4) is 0 Å². The summed E-state index contributed by atoms with van der Waals surface area (Å²) in [7, 11) is -7.41. The first-order valence-electron chi connectivity index (χ1n) is 11.9. The Morgan fingerprint density at radius 3 is 2.16 bits per heavy atom. The normalized spacial score (nSPS) is 15.2. The molecule has 1 heterocycles. The zero-order valence-electron chi connectivity index (χ0n) is 20.5. The topological polar surface area (TPSA) is 113 Å². The van der Waals surface area contributed by atoms with Crippen molar-refractivity contribution in [3.8, 4) is 0 Å². The van der Waals surface area contributed by atoms with Crippen LogP contribution in [0.4, 0.5) is 11.4 Å². The van der Waals surface area contributed by atoms with Crippen LogP contribution < -0.4 is 10.0 Å². The highest BCUT2D eigenvalue weighted by Gasteiger charge is 2.31. The van der Waals surface area contributed by atoms with Gasteiger partial charge >= 0.3 is 0 Å². The number of carbonyl (C=O) groups excluding carboxylic acids is 1. The van der Waals surface area contributed by atoms with Crippen LogP contribution in [-0.4, -0.2) is 40.1 Å². The van der Waals surface area contributed by atoms with Crippen LogP contribution >= 0.6 is 23.2 Å². The van der Waals surface area contributed by atoms with E-state index in [0.29, 0.717) is 39.8 Å². The van der Waals surface area contributed by atoms with Gasteiger partial charge in [0.25, 0.3) is 10.0 Å². The maximum Gasteiger partial charge on any atom is 0.261 e. The van der Waals surface area contributed by atoms with Crippen molar-refractivity contribution in [3.63, 3.8) is 0 Å². The average molecular weight is 597 g/mol. The molecule has 0 aliphatic carbocycles. The van der Waals surface area contributed by atoms with Gasteiger partial charge in [-0.2, -0.15) is 0 Å². The highest BCUT2D eigenvalue weighted by Crippen LogP contribution is 2.26. The molecule has 4 rings (SSSR count). The van der Waals surface area contributed by atoms with Crippen LogP contribution in [0.25, 0.3) is 0 Å². The third kappa shape index (κ3) is 6.86. The molecule has 1 saturated heterocycles. The average Bonchev–Trinajstić information content (AvgIpc) is 2.88. The van der Waals surface area contributed by atoms with Gasteiger partial charge in [-0.15, -0.1) is 0 Å². The smallest absolute Gasteiger partial charge is 0.261 e. The van der Waals surface area contributed by atoms with E-state index < -0.39 is 20.0 Å². The molecule has 2 N–H and O–H groups in total.